The van der Waals surface area contributed by atoms with Gasteiger partial charge in [0.15, 0.2) is 0 Å². The molecular weight excluding hydrogens is 215 g/mol. The molecule has 0 saturated carbocycles. The van der Waals surface area contributed by atoms with Gasteiger partial charge in [0, 0.05) is 5.56 Å². The SMILES string of the molecule is Cc1ccc(F)c(C(NN)c2ccccc2)c1. The Bertz CT molecular complexity index is 497. The van der Waals surface area contributed by atoms with Crippen LogP contribution in [0.4, 0.5) is 4.39 Å². The number of benzene rings is 2. The largest absolute Gasteiger partial charge is 0.271 e. The summed E-state index contributed by atoms with van der Waals surface area (Å²) < 4.78 is 13.8. The van der Waals surface area contributed by atoms with Crippen molar-refractivity contribution in [2.24, 2.45) is 5.84 Å². The molecule has 2 rings (SSSR count). The van der Waals surface area contributed by atoms with E-state index in [-0.39, 0.29) is 11.9 Å². The van der Waals surface area contributed by atoms with Crippen LogP contribution in [0, 0.1) is 12.7 Å². The van der Waals surface area contributed by atoms with Crippen LogP contribution in [0.3, 0.4) is 0 Å². The van der Waals surface area contributed by atoms with Crippen molar-refractivity contribution in [2.75, 3.05) is 0 Å². The highest BCUT2D eigenvalue weighted by atomic mass is 19.1. The van der Waals surface area contributed by atoms with Crippen molar-refractivity contribution in [1.82, 2.24) is 5.43 Å². The minimum absolute atomic E-state index is 0.248. The van der Waals surface area contributed by atoms with Gasteiger partial charge >= 0.3 is 0 Å². The van der Waals surface area contributed by atoms with E-state index in [0.717, 1.165) is 11.1 Å². The molecule has 1 unspecified atom stereocenters. The molecule has 17 heavy (non-hydrogen) atoms. The van der Waals surface area contributed by atoms with E-state index in [1.54, 1.807) is 6.07 Å². The molecule has 0 spiro atoms. The first-order valence-electron chi connectivity index (χ1n) is 5.49. The molecule has 0 fully saturated rings. The molecule has 0 aromatic heterocycles. The third-order valence-electron chi connectivity index (χ3n) is 2.76. The zero-order valence-electron chi connectivity index (χ0n) is 9.65. The highest BCUT2D eigenvalue weighted by Crippen LogP contribution is 2.24. The lowest BCUT2D eigenvalue weighted by Gasteiger charge is -2.18. The zero-order valence-corrected chi connectivity index (χ0v) is 9.65. The van der Waals surface area contributed by atoms with Gasteiger partial charge in [0.1, 0.15) is 5.82 Å². The minimum Gasteiger partial charge on any atom is -0.271 e. The molecule has 0 aliphatic carbocycles. The maximum absolute atomic E-state index is 13.8. The van der Waals surface area contributed by atoms with Gasteiger partial charge in [0.05, 0.1) is 6.04 Å². The van der Waals surface area contributed by atoms with E-state index in [4.69, 9.17) is 5.84 Å². The van der Waals surface area contributed by atoms with Crippen LogP contribution in [-0.4, -0.2) is 0 Å². The number of halogens is 1. The first-order chi connectivity index (χ1) is 8.22. The number of nitrogens with one attached hydrogen (secondary N) is 1. The summed E-state index contributed by atoms with van der Waals surface area (Å²) in [5, 5.41) is 0. The number of aryl methyl sites for hydroxylation is 1. The lowest BCUT2D eigenvalue weighted by atomic mass is 9.97. The molecule has 0 radical (unpaired) electrons. The van der Waals surface area contributed by atoms with E-state index in [9.17, 15) is 4.39 Å². The zero-order chi connectivity index (χ0) is 12.3. The average molecular weight is 230 g/mol. The van der Waals surface area contributed by atoms with E-state index in [2.05, 4.69) is 5.43 Å². The molecule has 3 N–H and O–H groups in total. The van der Waals surface area contributed by atoms with Gasteiger partial charge in [-0.3, -0.25) is 5.84 Å². The van der Waals surface area contributed by atoms with Crippen LogP contribution in [0.5, 0.6) is 0 Å². The molecule has 2 aromatic rings. The molecule has 2 aromatic carbocycles. The van der Waals surface area contributed by atoms with Gasteiger partial charge in [-0.25, -0.2) is 9.82 Å². The van der Waals surface area contributed by atoms with E-state index >= 15 is 0 Å². The summed E-state index contributed by atoms with van der Waals surface area (Å²) in [6.07, 6.45) is 0. The highest BCUT2D eigenvalue weighted by Gasteiger charge is 2.16. The standard InChI is InChI=1S/C14H15FN2/c1-10-7-8-13(15)12(9-10)14(17-16)11-5-3-2-4-6-11/h2-9,14,17H,16H2,1H3. The van der Waals surface area contributed by atoms with E-state index in [0.29, 0.717) is 5.56 Å². The molecule has 0 aliphatic heterocycles. The van der Waals surface area contributed by atoms with Crippen LogP contribution in [0.1, 0.15) is 22.7 Å². The maximum atomic E-state index is 13.8. The van der Waals surface area contributed by atoms with Crippen LogP contribution >= 0.6 is 0 Å². The lowest BCUT2D eigenvalue weighted by Crippen LogP contribution is -2.29. The van der Waals surface area contributed by atoms with Gasteiger partial charge in [-0.1, -0.05) is 48.0 Å². The van der Waals surface area contributed by atoms with Crippen molar-refractivity contribution in [3.63, 3.8) is 0 Å². The Morgan fingerprint density at radius 1 is 1.12 bits per heavy atom. The summed E-state index contributed by atoms with van der Waals surface area (Å²) in [6, 6.07) is 14.3. The van der Waals surface area contributed by atoms with Crippen molar-refractivity contribution in [2.45, 2.75) is 13.0 Å². The third kappa shape index (κ3) is 2.52. The van der Waals surface area contributed by atoms with Gasteiger partial charge in [0.2, 0.25) is 0 Å². The molecule has 0 aliphatic rings. The number of hydrogen-bond donors (Lipinski definition) is 2. The maximum Gasteiger partial charge on any atom is 0.128 e. The number of hydrogen-bond acceptors (Lipinski definition) is 2. The smallest absolute Gasteiger partial charge is 0.128 e. The number of hydrazine groups is 1. The molecule has 88 valence electrons. The van der Waals surface area contributed by atoms with Crippen LogP contribution in [-0.2, 0) is 0 Å². The molecule has 2 nitrogen and oxygen atoms in total. The van der Waals surface area contributed by atoms with Crippen LogP contribution < -0.4 is 11.3 Å². The van der Waals surface area contributed by atoms with Crippen molar-refractivity contribution in [1.29, 1.82) is 0 Å². The van der Waals surface area contributed by atoms with Crippen molar-refractivity contribution >= 4 is 0 Å². The molecular formula is C14H15FN2. The molecule has 0 bridgehead atoms. The Hall–Kier alpha value is -1.71. The predicted molar refractivity (Wildman–Crippen MR) is 66.7 cm³/mol. The Kier molecular flexibility index (Phi) is 3.52. The summed E-state index contributed by atoms with van der Waals surface area (Å²) in [5.74, 6) is 5.29. The second-order valence-electron chi connectivity index (χ2n) is 4.04. The topological polar surface area (TPSA) is 38.0 Å². The lowest BCUT2D eigenvalue weighted by molar-refractivity contribution is 0.559. The van der Waals surface area contributed by atoms with Crippen molar-refractivity contribution in [3.8, 4) is 0 Å². The van der Waals surface area contributed by atoms with Crippen molar-refractivity contribution in [3.05, 3.63) is 71.0 Å². The fourth-order valence-corrected chi connectivity index (χ4v) is 1.90. The summed E-state index contributed by atoms with van der Waals surface area (Å²) in [5.41, 5.74) is 5.19. The highest BCUT2D eigenvalue weighted by molar-refractivity contribution is 5.34. The van der Waals surface area contributed by atoms with Gasteiger partial charge in [-0.05, 0) is 18.6 Å². The Morgan fingerprint density at radius 3 is 2.47 bits per heavy atom. The van der Waals surface area contributed by atoms with Crippen molar-refractivity contribution < 1.29 is 4.39 Å². The number of nitrogens with two attached hydrogens (primary N) is 1. The summed E-state index contributed by atoms with van der Waals surface area (Å²) in [7, 11) is 0. The van der Waals surface area contributed by atoms with E-state index in [1.165, 1.54) is 6.07 Å². The third-order valence-corrected chi connectivity index (χ3v) is 2.76. The van der Waals surface area contributed by atoms with Gasteiger partial charge in [-0.15, -0.1) is 0 Å². The second-order valence-corrected chi connectivity index (χ2v) is 4.04. The summed E-state index contributed by atoms with van der Waals surface area (Å²) in [4.78, 5) is 0. The van der Waals surface area contributed by atoms with Gasteiger partial charge in [0.25, 0.3) is 0 Å². The molecule has 0 amide bonds. The van der Waals surface area contributed by atoms with Gasteiger partial charge in [-0.2, -0.15) is 0 Å². The fourth-order valence-electron chi connectivity index (χ4n) is 1.90. The first-order valence-corrected chi connectivity index (χ1v) is 5.49. The Morgan fingerprint density at radius 2 is 1.82 bits per heavy atom. The second kappa shape index (κ2) is 5.08. The quantitative estimate of drug-likeness (QED) is 0.628. The van der Waals surface area contributed by atoms with E-state index < -0.39 is 0 Å². The van der Waals surface area contributed by atoms with Crippen LogP contribution in [0.25, 0.3) is 0 Å². The monoisotopic (exact) mass is 230 g/mol. The average Bonchev–Trinajstić information content (AvgIpc) is 2.36. The Balaban J connectivity index is 2.46. The predicted octanol–water partition coefficient (Wildman–Crippen LogP) is 2.69. The van der Waals surface area contributed by atoms with Crippen LogP contribution in [0.2, 0.25) is 0 Å². The first kappa shape index (κ1) is 11.8. The Labute approximate surface area is 100 Å². The summed E-state index contributed by atoms with van der Waals surface area (Å²) in [6.45, 7) is 1.93. The molecule has 1 atom stereocenters. The fraction of sp³-hybridized carbons (Fsp3) is 0.143. The van der Waals surface area contributed by atoms with Crippen LogP contribution in [0.15, 0.2) is 48.5 Å². The van der Waals surface area contributed by atoms with E-state index in [1.807, 2.05) is 43.3 Å². The summed E-state index contributed by atoms with van der Waals surface area (Å²) >= 11 is 0. The normalized spacial score (nSPS) is 12.4. The van der Waals surface area contributed by atoms with Gasteiger partial charge < -0.3 is 0 Å². The molecule has 0 saturated heterocycles. The molecule has 0 heterocycles. The number of rotatable bonds is 3. The minimum atomic E-state index is -0.323. The molecule has 3 heteroatoms.